The topological polar surface area (TPSA) is 83.7 Å². The van der Waals surface area contributed by atoms with Crippen molar-refractivity contribution in [2.75, 3.05) is 44.6 Å². The molecule has 0 atom stereocenters. The molecule has 0 aromatic carbocycles. The third kappa shape index (κ3) is 9.50. The van der Waals surface area contributed by atoms with E-state index in [2.05, 4.69) is 45.3 Å². The monoisotopic (exact) mass is 515 g/mol. The number of carbonyl (C=O) groups is 1. The van der Waals surface area contributed by atoms with E-state index in [0.29, 0.717) is 18.8 Å². The standard InChI is InChI=1S/C25H37N5O3.2C2H6/c1-7-9-10-19(8-2)20-18(3)32-23-21(20)22(27-17-28-23)26-11-12-29-13-15-30(16-14-29)24(31)33-25(4,5)6;2*1-2/h8-10,17H,7,11-16H2,1-6H3,(H,26,27,28);2*1-2H3/b10-9-,19-8+;;. The molecular weight excluding hydrogens is 466 g/mol. The van der Waals surface area contributed by atoms with Gasteiger partial charge in [-0.1, -0.05) is 52.8 Å². The summed E-state index contributed by atoms with van der Waals surface area (Å²) in [5.41, 5.74) is 2.26. The highest BCUT2D eigenvalue weighted by molar-refractivity contribution is 5.99. The average molecular weight is 516 g/mol. The highest BCUT2D eigenvalue weighted by atomic mass is 16.6. The molecule has 0 radical (unpaired) electrons. The molecule has 3 heterocycles. The van der Waals surface area contributed by atoms with Gasteiger partial charge in [-0.2, -0.15) is 0 Å². The van der Waals surface area contributed by atoms with Gasteiger partial charge in [-0.25, -0.2) is 14.8 Å². The molecule has 1 aliphatic rings. The zero-order valence-corrected chi connectivity index (χ0v) is 24.8. The summed E-state index contributed by atoms with van der Waals surface area (Å²) in [7, 11) is 0. The SMILES string of the molecule is C/C=C(\C=C/CC)c1c(C)oc2ncnc(NCCN3CCN(C(=O)OC(C)(C)C)CC3)c12.CC.CC. The molecule has 8 nitrogen and oxygen atoms in total. The quantitative estimate of drug-likeness (QED) is 0.401. The number of rotatable bonds is 7. The Morgan fingerprint density at radius 3 is 2.35 bits per heavy atom. The smallest absolute Gasteiger partial charge is 0.410 e. The Labute approximate surface area is 224 Å². The zero-order valence-electron chi connectivity index (χ0n) is 24.8. The van der Waals surface area contributed by atoms with E-state index in [-0.39, 0.29) is 6.09 Å². The van der Waals surface area contributed by atoms with Gasteiger partial charge < -0.3 is 19.4 Å². The lowest BCUT2D eigenvalue weighted by atomic mass is 10.0. The largest absolute Gasteiger partial charge is 0.444 e. The van der Waals surface area contributed by atoms with Crippen molar-refractivity contribution in [3.8, 4) is 0 Å². The Morgan fingerprint density at radius 2 is 1.78 bits per heavy atom. The van der Waals surface area contributed by atoms with Crippen LogP contribution in [0.25, 0.3) is 16.7 Å². The van der Waals surface area contributed by atoms with Crippen molar-refractivity contribution in [2.24, 2.45) is 0 Å². The number of aryl methyl sites for hydroxylation is 1. The van der Waals surface area contributed by atoms with E-state index in [1.165, 1.54) is 6.33 Å². The highest BCUT2D eigenvalue weighted by Crippen LogP contribution is 2.34. The first kappa shape index (κ1) is 32.2. The van der Waals surface area contributed by atoms with E-state index in [9.17, 15) is 4.79 Å². The lowest BCUT2D eigenvalue weighted by Gasteiger charge is -2.35. The highest BCUT2D eigenvalue weighted by Gasteiger charge is 2.26. The van der Waals surface area contributed by atoms with Crippen molar-refractivity contribution < 1.29 is 13.9 Å². The number of ether oxygens (including phenoxy) is 1. The Bertz CT molecular complexity index is 1010. The van der Waals surface area contributed by atoms with Gasteiger partial charge in [0.05, 0.1) is 5.39 Å². The maximum atomic E-state index is 12.3. The number of nitrogens with zero attached hydrogens (tertiary/aromatic N) is 4. The fourth-order valence-corrected chi connectivity index (χ4v) is 3.91. The summed E-state index contributed by atoms with van der Waals surface area (Å²) in [4.78, 5) is 25.2. The number of amides is 1. The Balaban J connectivity index is 0.00000163. The maximum absolute atomic E-state index is 12.3. The molecule has 0 saturated carbocycles. The molecule has 3 rings (SSSR count). The third-order valence-corrected chi connectivity index (χ3v) is 5.54. The molecule has 0 spiro atoms. The Hall–Kier alpha value is -2.87. The van der Waals surface area contributed by atoms with Crippen LogP contribution in [0.4, 0.5) is 10.6 Å². The van der Waals surface area contributed by atoms with E-state index in [0.717, 1.165) is 60.7 Å². The third-order valence-electron chi connectivity index (χ3n) is 5.54. The lowest BCUT2D eigenvalue weighted by molar-refractivity contribution is 0.0148. The van der Waals surface area contributed by atoms with E-state index in [1.54, 1.807) is 4.90 Å². The van der Waals surface area contributed by atoms with Gasteiger partial charge in [0.2, 0.25) is 5.71 Å². The summed E-state index contributed by atoms with van der Waals surface area (Å²) < 4.78 is 11.4. The second kappa shape index (κ2) is 16.1. The van der Waals surface area contributed by atoms with Crippen LogP contribution in [-0.2, 0) is 4.74 Å². The fraction of sp³-hybridized carbons (Fsp3) is 0.621. The zero-order chi connectivity index (χ0) is 28.0. The van der Waals surface area contributed by atoms with E-state index >= 15 is 0 Å². The lowest BCUT2D eigenvalue weighted by Crippen LogP contribution is -2.50. The van der Waals surface area contributed by atoms with Crippen LogP contribution < -0.4 is 5.32 Å². The Morgan fingerprint density at radius 1 is 1.14 bits per heavy atom. The number of hydrogen-bond donors (Lipinski definition) is 1. The molecule has 1 fully saturated rings. The van der Waals surface area contributed by atoms with Crippen molar-refractivity contribution in [3.05, 3.63) is 35.9 Å². The van der Waals surface area contributed by atoms with Crippen molar-refractivity contribution in [1.82, 2.24) is 19.8 Å². The number of anilines is 1. The van der Waals surface area contributed by atoms with Gasteiger partial charge in [-0.3, -0.25) is 4.90 Å². The summed E-state index contributed by atoms with van der Waals surface area (Å²) in [6.07, 6.45) is 8.62. The molecule has 0 aliphatic carbocycles. The van der Waals surface area contributed by atoms with Crippen LogP contribution in [0.5, 0.6) is 0 Å². The van der Waals surface area contributed by atoms with E-state index < -0.39 is 5.60 Å². The van der Waals surface area contributed by atoms with E-state index in [1.807, 2.05) is 62.3 Å². The molecule has 1 saturated heterocycles. The minimum Gasteiger partial charge on any atom is -0.444 e. The van der Waals surface area contributed by atoms with Crippen LogP contribution in [0, 0.1) is 6.92 Å². The van der Waals surface area contributed by atoms with Crippen molar-refractivity contribution in [2.45, 2.75) is 81.3 Å². The predicted molar refractivity (Wildman–Crippen MR) is 155 cm³/mol. The number of piperazine rings is 1. The van der Waals surface area contributed by atoms with Crippen LogP contribution in [-0.4, -0.2) is 70.7 Å². The second-order valence-corrected chi connectivity index (χ2v) is 9.23. The van der Waals surface area contributed by atoms with Crippen LogP contribution in [0.15, 0.2) is 29.0 Å². The van der Waals surface area contributed by atoms with Crippen molar-refractivity contribution in [3.63, 3.8) is 0 Å². The molecule has 2 aromatic rings. The molecular formula is C29H49N5O3. The number of nitrogens with one attached hydrogen (secondary N) is 1. The number of hydrogen-bond acceptors (Lipinski definition) is 7. The van der Waals surface area contributed by atoms with Gasteiger partial charge in [0.15, 0.2) is 0 Å². The molecule has 0 unspecified atom stereocenters. The molecule has 1 amide bonds. The molecule has 37 heavy (non-hydrogen) atoms. The number of carbonyl (C=O) groups excluding carboxylic acids is 1. The number of furan rings is 1. The molecule has 0 bridgehead atoms. The Kier molecular flexibility index (Phi) is 14.0. The van der Waals surface area contributed by atoms with Gasteiger partial charge in [0, 0.05) is 44.8 Å². The van der Waals surface area contributed by atoms with Gasteiger partial charge in [-0.15, -0.1) is 0 Å². The summed E-state index contributed by atoms with van der Waals surface area (Å²) in [5.74, 6) is 1.61. The van der Waals surface area contributed by atoms with Gasteiger partial charge >= 0.3 is 6.09 Å². The molecule has 1 aliphatic heterocycles. The first-order chi connectivity index (χ1) is 17.7. The second-order valence-electron chi connectivity index (χ2n) is 9.23. The number of fused-ring (bicyclic) bond motifs is 1. The first-order valence-electron chi connectivity index (χ1n) is 13.7. The number of aromatic nitrogens is 2. The molecule has 2 aromatic heterocycles. The average Bonchev–Trinajstić information content (AvgIpc) is 3.23. The van der Waals surface area contributed by atoms with Gasteiger partial charge in [0.1, 0.15) is 23.5 Å². The molecule has 208 valence electrons. The maximum Gasteiger partial charge on any atom is 0.410 e. The van der Waals surface area contributed by atoms with Crippen LogP contribution in [0.2, 0.25) is 0 Å². The van der Waals surface area contributed by atoms with Crippen LogP contribution >= 0.6 is 0 Å². The summed E-state index contributed by atoms with van der Waals surface area (Å²) in [5, 5.41) is 4.39. The fourth-order valence-electron chi connectivity index (χ4n) is 3.91. The van der Waals surface area contributed by atoms with Crippen LogP contribution in [0.1, 0.15) is 80.1 Å². The first-order valence-corrected chi connectivity index (χ1v) is 13.7. The van der Waals surface area contributed by atoms with Gasteiger partial charge in [-0.05, 0) is 46.6 Å². The summed E-state index contributed by atoms with van der Waals surface area (Å²) in [6, 6.07) is 0. The minimum absolute atomic E-state index is 0.233. The normalized spacial score (nSPS) is 14.6. The molecule has 8 heteroatoms. The van der Waals surface area contributed by atoms with Gasteiger partial charge in [0.25, 0.3) is 0 Å². The predicted octanol–water partition coefficient (Wildman–Crippen LogP) is 6.92. The van der Waals surface area contributed by atoms with Crippen molar-refractivity contribution >= 4 is 28.6 Å². The summed E-state index contributed by atoms with van der Waals surface area (Å²) in [6.45, 7) is 24.4. The van der Waals surface area contributed by atoms with Crippen LogP contribution in [0.3, 0.4) is 0 Å². The molecule has 1 N–H and O–H groups in total. The summed E-state index contributed by atoms with van der Waals surface area (Å²) >= 11 is 0. The van der Waals surface area contributed by atoms with Crippen molar-refractivity contribution in [1.29, 1.82) is 0 Å². The van der Waals surface area contributed by atoms with E-state index in [4.69, 9.17) is 9.15 Å². The number of allylic oxidation sites excluding steroid dienone is 4. The minimum atomic E-state index is -0.468.